The number of hydrogen-bond donors (Lipinski definition) is 2. The lowest BCUT2D eigenvalue weighted by Gasteiger charge is -2.24. The van der Waals surface area contributed by atoms with Crippen LogP contribution in [0.1, 0.15) is 16.8 Å². The van der Waals surface area contributed by atoms with Gasteiger partial charge in [-0.3, -0.25) is 9.59 Å². The first-order chi connectivity index (χ1) is 18.3. The van der Waals surface area contributed by atoms with Crippen molar-refractivity contribution in [2.75, 3.05) is 37.2 Å². The fraction of sp³-hybridized carbons (Fsp3) is 0.231. The van der Waals surface area contributed by atoms with Crippen LogP contribution in [0.4, 0.5) is 5.69 Å². The fourth-order valence-electron chi connectivity index (χ4n) is 3.77. The molecule has 1 saturated heterocycles. The predicted octanol–water partition coefficient (Wildman–Crippen LogP) is 4.16. The molecule has 0 aromatic heterocycles. The molecule has 9 nitrogen and oxygen atoms in total. The Morgan fingerprint density at radius 3 is 2.38 bits per heavy atom. The number of amides is 2. The second-order valence-electron chi connectivity index (χ2n) is 8.43. The zero-order valence-electron chi connectivity index (χ0n) is 20.7. The molecule has 2 amide bonds. The second-order valence-corrected chi connectivity index (χ2v) is 11.0. The van der Waals surface area contributed by atoms with E-state index in [1.807, 2.05) is 0 Å². The molecule has 3 aromatic carbocycles. The van der Waals surface area contributed by atoms with Crippen LogP contribution in [0.5, 0.6) is 5.75 Å². The molecule has 0 saturated carbocycles. The molecule has 0 unspecified atom stereocenters. The molecule has 0 spiro atoms. The van der Waals surface area contributed by atoms with Gasteiger partial charge >= 0.3 is 0 Å². The van der Waals surface area contributed by atoms with Crippen molar-refractivity contribution in [3.8, 4) is 5.75 Å². The molecule has 0 bridgehead atoms. The largest absolute Gasteiger partial charge is 0.363 e. The Labute approximate surface area is 243 Å². The molecule has 1 aliphatic heterocycles. The van der Waals surface area contributed by atoms with Gasteiger partial charge in [0.15, 0.2) is 5.75 Å². The van der Waals surface area contributed by atoms with Gasteiger partial charge in [-0.2, -0.15) is 8.42 Å². The third-order valence-corrected chi connectivity index (χ3v) is 7.89. The Bertz CT molecular complexity index is 1380. The number of nitrogens with one attached hydrogen (secondary N) is 2. The first kappa shape index (κ1) is 30.5. The maximum absolute atomic E-state index is 13.6. The molecular formula is C26H27Cl3N4O5S. The highest BCUT2D eigenvalue weighted by molar-refractivity contribution is 7.92. The van der Waals surface area contributed by atoms with Crippen molar-refractivity contribution in [3.05, 3.63) is 88.4 Å². The third kappa shape index (κ3) is 7.77. The van der Waals surface area contributed by atoms with Crippen LogP contribution in [-0.4, -0.2) is 57.9 Å². The lowest BCUT2D eigenvalue weighted by molar-refractivity contribution is -0.129. The van der Waals surface area contributed by atoms with Gasteiger partial charge in [0.1, 0.15) is 0 Å². The highest BCUT2D eigenvalue weighted by Crippen LogP contribution is 2.32. The average Bonchev–Trinajstić information content (AvgIpc) is 3.21. The van der Waals surface area contributed by atoms with Crippen molar-refractivity contribution < 1.29 is 22.8 Å². The molecule has 208 valence electrons. The van der Waals surface area contributed by atoms with E-state index in [-0.39, 0.29) is 51.8 Å². The van der Waals surface area contributed by atoms with Crippen molar-refractivity contribution in [1.29, 1.82) is 0 Å². The number of carbonyl (C=O) groups excluding carboxylic acids is 2. The van der Waals surface area contributed by atoms with Gasteiger partial charge in [-0.25, -0.2) is 0 Å². The lowest BCUT2D eigenvalue weighted by Crippen LogP contribution is -2.41. The Balaban J connectivity index is 0.00000420. The summed E-state index contributed by atoms with van der Waals surface area (Å²) < 4.78 is 27.9. The standard InChI is InChI=1S/C26H26Cl2N4O5S.ClH/c27-20-9-12-24(23(28)17-20)37-32(21-5-2-1-3-6-21)38(35,36)22-10-7-19(8-11-22)26(34)30-18-25(33)31-15-4-13-29-14-16-31;/h1-3,5-12,17,29H,4,13-16,18H2,(H,30,34);1H. The molecule has 39 heavy (non-hydrogen) atoms. The van der Waals surface area contributed by atoms with Crippen LogP contribution >= 0.6 is 35.6 Å². The maximum atomic E-state index is 13.6. The molecule has 4 rings (SSSR count). The molecule has 2 N–H and O–H groups in total. The summed E-state index contributed by atoms with van der Waals surface area (Å²) in [5.74, 6) is -0.568. The molecule has 3 aromatic rings. The number of para-hydroxylation sites is 1. The number of rotatable bonds is 8. The Kier molecular flexibility index (Phi) is 10.8. The van der Waals surface area contributed by atoms with Gasteiger partial charge in [-0.1, -0.05) is 45.9 Å². The molecule has 0 atom stereocenters. The summed E-state index contributed by atoms with van der Waals surface area (Å²) in [6, 6.07) is 18.0. The van der Waals surface area contributed by atoms with E-state index < -0.39 is 15.9 Å². The first-order valence-electron chi connectivity index (χ1n) is 11.9. The van der Waals surface area contributed by atoms with Gasteiger partial charge in [0.2, 0.25) is 5.91 Å². The molecule has 0 aliphatic carbocycles. The summed E-state index contributed by atoms with van der Waals surface area (Å²) in [6.45, 7) is 2.64. The van der Waals surface area contributed by atoms with E-state index in [0.717, 1.165) is 17.4 Å². The van der Waals surface area contributed by atoms with Crippen LogP contribution in [0.2, 0.25) is 10.0 Å². The average molecular weight is 614 g/mol. The number of sulfonamides is 1. The van der Waals surface area contributed by atoms with Gasteiger partial charge < -0.3 is 20.4 Å². The van der Waals surface area contributed by atoms with Gasteiger partial charge in [-0.05, 0) is 67.6 Å². The van der Waals surface area contributed by atoms with Crippen molar-refractivity contribution in [3.63, 3.8) is 0 Å². The van der Waals surface area contributed by atoms with E-state index in [2.05, 4.69) is 10.6 Å². The number of anilines is 1. The number of hydrogen-bond acceptors (Lipinski definition) is 6. The van der Waals surface area contributed by atoms with Crippen LogP contribution < -0.4 is 19.9 Å². The number of nitrogens with zero attached hydrogens (tertiary/aromatic N) is 2. The maximum Gasteiger partial charge on any atom is 0.295 e. The minimum Gasteiger partial charge on any atom is -0.363 e. The molecular weight excluding hydrogens is 587 g/mol. The van der Waals surface area contributed by atoms with Crippen LogP contribution in [0.15, 0.2) is 77.7 Å². The van der Waals surface area contributed by atoms with Gasteiger partial charge in [0.25, 0.3) is 15.9 Å². The van der Waals surface area contributed by atoms with Gasteiger partial charge in [-0.15, -0.1) is 12.4 Å². The molecule has 1 heterocycles. The van der Waals surface area contributed by atoms with E-state index in [0.29, 0.717) is 24.7 Å². The van der Waals surface area contributed by atoms with Crippen molar-refractivity contribution >= 4 is 63.1 Å². The summed E-state index contributed by atoms with van der Waals surface area (Å²) in [5.41, 5.74) is 0.449. The summed E-state index contributed by atoms with van der Waals surface area (Å²) >= 11 is 12.2. The van der Waals surface area contributed by atoms with Crippen LogP contribution in [-0.2, 0) is 14.8 Å². The first-order valence-corrected chi connectivity index (χ1v) is 14.1. The fourth-order valence-corrected chi connectivity index (χ4v) is 5.46. The van der Waals surface area contributed by atoms with Crippen LogP contribution in [0.3, 0.4) is 0 Å². The van der Waals surface area contributed by atoms with E-state index in [9.17, 15) is 18.0 Å². The number of halogens is 3. The predicted molar refractivity (Wildman–Crippen MR) is 153 cm³/mol. The minimum absolute atomic E-state index is 0. The van der Waals surface area contributed by atoms with Crippen molar-refractivity contribution in [2.45, 2.75) is 11.3 Å². The smallest absolute Gasteiger partial charge is 0.295 e. The van der Waals surface area contributed by atoms with E-state index in [1.165, 1.54) is 42.5 Å². The summed E-state index contributed by atoms with van der Waals surface area (Å²) in [5, 5.41) is 6.33. The normalized spacial score (nSPS) is 13.5. The summed E-state index contributed by atoms with van der Waals surface area (Å²) in [7, 11) is -4.24. The van der Waals surface area contributed by atoms with Crippen LogP contribution in [0.25, 0.3) is 0 Å². The monoisotopic (exact) mass is 612 g/mol. The van der Waals surface area contributed by atoms with Crippen LogP contribution in [0, 0.1) is 0 Å². The highest BCUT2D eigenvalue weighted by atomic mass is 35.5. The van der Waals surface area contributed by atoms with Crippen molar-refractivity contribution in [1.82, 2.24) is 15.5 Å². The third-order valence-electron chi connectivity index (χ3n) is 5.77. The van der Waals surface area contributed by atoms with E-state index in [1.54, 1.807) is 35.2 Å². The number of benzene rings is 3. The minimum atomic E-state index is -4.24. The van der Waals surface area contributed by atoms with Crippen molar-refractivity contribution in [2.24, 2.45) is 0 Å². The Morgan fingerprint density at radius 2 is 1.69 bits per heavy atom. The SMILES string of the molecule is Cl.O=C(NCC(=O)N1CCCNCC1)c1ccc(S(=O)(=O)N(Oc2ccc(Cl)cc2Cl)c2ccccc2)cc1. The summed E-state index contributed by atoms with van der Waals surface area (Å²) in [4.78, 5) is 32.4. The molecule has 1 aliphatic rings. The van der Waals surface area contributed by atoms with E-state index >= 15 is 0 Å². The second kappa shape index (κ2) is 13.9. The lowest BCUT2D eigenvalue weighted by atomic mass is 10.2. The van der Waals surface area contributed by atoms with Gasteiger partial charge in [0, 0.05) is 30.2 Å². The molecule has 1 fully saturated rings. The topological polar surface area (TPSA) is 108 Å². The van der Waals surface area contributed by atoms with Gasteiger partial charge in [0.05, 0.1) is 22.2 Å². The number of carbonyl (C=O) groups is 2. The summed E-state index contributed by atoms with van der Waals surface area (Å²) in [6.07, 6.45) is 0.851. The molecule has 13 heteroatoms. The zero-order chi connectivity index (χ0) is 27.1. The Hall–Kier alpha value is -3.02. The quantitative estimate of drug-likeness (QED) is 0.370. The van der Waals surface area contributed by atoms with E-state index in [4.69, 9.17) is 28.0 Å². The highest BCUT2D eigenvalue weighted by Gasteiger charge is 2.28. The zero-order valence-corrected chi connectivity index (χ0v) is 23.8. The Morgan fingerprint density at radius 1 is 0.974 bits per heavy atom. The molecule has 0 radical (unpaired) electrons.